The lowest BCUT2D eigenvalue weighted by Crippen LogP contribution is -2.21. The lowest BCUT2D eigenvalue weighted by molar-refractivity contribution is -0.380. The van der Waals surface area contributed by atoms with Crippen LogP contribution in [0.25, 0.3) is 0 Å². The molecule has 3 rings (SSSR count). The summed E-state index contributed by atoms with van der Waals surface area (Å²) in [7, 11) is 0. The Kier molecular flexibility index (Phi) is 5.19. The van der Waals surface area contributed by atoms with E-state index in [-0.39, 0.29) is 11.0 Å². The van der Waals surface area contributed by atoms with Crippen LogP contribution in [0.5, 0.6) is 0 Å². The minimum Gasteiger partial charge on any atom is -0.381 e. The van der Waals surface area contributed by atoms with Crippen molar-refractivity contribution in [1.29, 1.82) is 0 Å². The fraction of sp³-hybridized carbons (Fsp3) is 0.438. The second-order valence-corrected chi connectivity index (χ2v) is 6.67. The van der Waals surface area contributed by atoms with Crippen LogP contribution >= 0.6 is 11.3 Å². The van der Waals surface area contributed by atoms with Crippen molar-refractivity contribution in [2.24, 2.45) is 5.92 Å². The Labute approximate surface area is 138 Å². The van der Waals surface area contributed by atoms with Crippen molar-refractivity contribution in [2.75, 3.05) is 18.5 Å². The van der Waals surface area contributed by atoms with Gasteiger partial charge in [0.15, 0.2) is 5.13 Å². The first-order chi connectivity index (χ1) is 11.2. The van der Waals surface area contributed by atoms with Crippen molar-refractivity contribution in [2.45, 2.75) is 25.3 Å². The lowest BCUT2D eigenvalue weighted by atomic mass is 9.89. The first kappa shape index (κ1) is 15.9. The SMILES string of the molecule is O=[N+]([O-])c1cnc(NC(CC2CCOCC2)c2ccccc2)s1. The molecule has 2 aromatic rings. The molecule has 1 aliphatic rings. The third-order valence-electron chi connectivity index (χ3n) is 4.08. The second kappa shape index (κ2) is 7.52. The predicted octanol–water partition coefficient (Wildman–Crippen LogP) is 4.02. The maximum Gasteiger partial charge on any atom is 0.345 e. The third kappa shape index (κ3) is 4.27. The van der Waals surface area contributed by atoms with E-state index in [4.69, 9.17) is 4.74 Å². The van der Waals surface area contributed by atoms with Crippen LogP contribution in [-0.2, 0) is 4.74 Å². The highest BCUT2D eigenvalue weighted by molar-refractivity contribution is 7.18. The molecule has 0 spiro atoms. The molecule has 1 aromatic carbocycles. The highest BCUT2D eigenvalue weighted by Crippen LogP contribution is 2.33. The first-order valence-corrected chi connectivity index (χ1v) is 8.53. The predicted molar refractivity (Wildman–Crippen MR) is 89.7 cm³/mol. The van der Waals surface area contributed by atoms with Gasteiger partial charge in [0.1, 0.15) is 6.20 Å². The Morgan fingerprint density at radius 3 is 2.74 bits per heavy atom. The summed E-state index contributed by atoms with van der Waals surface area (Å²) in [6, 6.07) is 10.3. The van der Waals surface area contributed by atoms with Crippen LogP contribution in [0.2, 0.25) is 0 Å². The minimum atomic E-state index is -0.404. The molecular weight excluding hydrogens is 314 g/mol. The largest absolute Gasteiger partial charge is 0.381 e. The average Bonchev–Trinajstić information content (AvgIpc) is 3.05. The van der Waals surface area contributed by atoms with E-state index in [0.29, 0.717) is 11.0 Å². The molecule has 0 saturated carbocycles. The Morgan fingerprint density at radius 1 is 1.35 bits per heavy atom. The highest BCUT2D eigenvalue weighted by atomic mass is 32.1. The molecular formula is C16H19N3O3S. The van der Waals surface area contributed by atoms with Crippen LogP contribution in [0, 0.1) is 16.0 Å². The Hall–Kier alpha value is -1.99. The summed E-state index contributed by atoms with van der Waals surface area (Å²) in [4.78, 5) is 14.6. The third-order valence-corrected chi connectivity index (χ3v) is 4.96. The number of rotatable bonds is 6. The lowest BCUT2D eigenvalue weighted by Gasteiger charge is -2.27. The molecule has 1 aromatic heterocycles. The molecule has 1 unspecified atom stereocenters. The van der Waals surface area contributed by atoms with Crippen molar-refractivity contribution < 1.29 is 9.66 Å². The molecule has 7 heteroatoms. The van der Waals surface area contributed by atoms with Crippen LogP contribution in [-0.4, -0.2) is 23.1 Å². The van der Waals surface area contributed by atoms with Gasteiger partial charge in [-0.15, -0.1) is 0 Å². The van der Waals surface area contributed by atoms with Crippen LogP contribution in [0.4, 0.5) is 10.1 Å². The van der Waals surface area contributed by atoms with Crippen molar-refractivity contribution in [3.05, 3.63) is 52.2 Å². The van der Waals surface area contributed by atoms with Gasteiger partial charge >= 0.3 is 5.00 Å². The molecule has 0 radical (unpaired) electrons. The van der Waals surface area contributed by atoms with Crippen molar-refractivity contribution in [3.8, 4) is 0 Å². The van der Waals surface area contributed by atoms with Crippen LogP contribution in [0.3, 0.4) is 0 Å². The maximum atomic E-state index is 10.8. The number of nitrogens with one attached hydrogen (secondary N) is 1. The summed E-state index contributed by atoms with van der Waals surface area (Å²) in [5.74, 6) is 0.594. The zero-order chi connectivity index (χ0) is 16.1. The van der Waals surface area contributed by atoms with Crippen molar-refractivity contribution in [1.82, 2.24) is 4.98 Å². The van der Waals surface area contributed by atoms with E-state index in [1.807, 2.05) is 18.2 Å². The molecule has 0 aliphatic carbocycles. The molecule has 23 heavy (non-hydrogen) atoms. The molecule has 1 atom stereocenters. The minimum absolute atomic E-state index is 0.0605. The number of ether oxygens (including phenoxy) is 1. The number of hydrogen-bond donors (Lipinski definition) is 1. The van der Waals surface area contributed by atoms with Crippen molar-refractivity contribution in [3.63, 3.8) is 0 Å². The monoisotopic (exact) mass is 333 g/mol. The van der Waals surface area contributed by atoms with Crippen LogP contribution in [0.1, 0.15) is 30.9 Å². The Bertz CT molecular complexity index is 641. The normalized spacial score (nSPS) is 16.9. The number of thiazole rings is 1. The van der Waals surface area contributed by atoms with E-state index in [1.54, 1.807) is 0 Å². The summed E-state index contributed by atoms with van der Waals surface area (Å²) >= 11 is 1.08. The molecule has 1 fully saturated rings. The Morgan fingerprint density at radius 2 is 2.09 bits per heavy atom. The smallest absolute Gasteiger partial charge is 0.345 e. The summed E-state index contributed by atoms with van der Waals surface area (Å²) in [5.41, 5.74) is 1.18. The summed E-state index contributed by atoms with van der Waals surface area (Å²) in [5, 5.41) is 14.9. The van der Waals surface area contributed by atoms with Gasteiger partial charge in [0.05, 0.1) is 11.0 Å². The molecule has 1 N–H and O–H groups in total. The van der Waals surface area contributed by atoms with E-state index < -0.39 is 4.92 Å². The van der Waals surface area contributed by atoms with Gasteiger partial charge in [0.25, 0.3) is 0 Å². The summed E-state index contributed by atoms with van der Waals surface area (Å²) in [6.45, 7) is 1.63. The van der Waals surface area contributed by atoms with Gasteiger partial charge in [-0.1, -0.05) is 30.3 Å². The van der Waals surface area contributed by atoms with E-state index in [1.165, 1.54) is 11.8 Å². The standard InChI is InChI=1S/C16H19N3O3S/c20-19(21)15-11-17-16(23-15)18-14(13-4-2-1-3-5-13)10-12-6-8-22-9-7-12/h1-5,11-12,14H,6-10H2,(H,17,18). The van der Waals surface area contributed by atoms with Gasteiger partial charge in [0.2, 0.25) is 0 Å². The molecule has 2 heterocycles. The second-order valence-electron chi connectivity index (χ2n) is 5.66. The van der Waals surface area contributed by atoms with Gasteiger partial charge in [0, 0.05) is 13.2 Å². The average molecular weight is 333 g/mol. The number of anilines is 1. The molecule has 6 nitrogen and oxygen atoms in total. The van der Waals surface area contributed by atoms with E-state index >= 15 is 0 Å². The number of benzene rings is 1. The van der Waals surface area contributed by atoms with Crippen molar-refractivity contribution >= 4 is 21.5 Å². The van der Waals surface area contributed by atoms with Gasteiger partial charge in [-0.2, -0.15) is 0 Å². The molecule has 0 bridgehead atoms. The molecule has 1 saturated heterocycles. The number of nitrogens with zero attached hydrogens (tertiary/aromatic N) is 2. The number of hydrogen-bond acceptors (Lipinski definition) is 6. The number of nitro groups is 1. The topological polar surface area (TPSA) is 77.3 Å². The first-order valence-electron chi connectivity index (χ1n) is 7.72. The number of aromatic nitrogens is 1. The molecule has 1 aliphatic heterocycles. The fourth-order valence-corrected chi connectivity index (χ4v) is 3.53. The van der Waals surface area contributed by atoms with E-state index in [2.05, 4.69) is 22.4 Å². The van der Waals surface area contributed by atoms with Gasteiger partial charge in [-0.3, -0.25) is 10.1 Å². The summed E-state index contributed by atoms with van der Waals surface area (Å²) in [6.07, 6.45) is 4.40. The van der Waals surface area contributed by atoms with E-state index in [9.17, 15) is 10.1 Å². The summed E-state index contributed by atoms with van der Waals surface area (Å²) < 4.78 is 5.43. The van der Waals surface area contributed by atoms with E-state index in [0.717, 1.165) is 43.8 Å². The maximum absolute atomic E-state index is 10.8. The zero-order valence-corrected chi connectivity index (χ0v) is 13.5. The van der Waals surface area contributed by atoms with Gasteiger partial charge < -0.3 is 10.1 Å². The Balaban J connectivity index is 1.75. The highest BCUT2D eigenvalue weighted by Gasteiger charge is 2.22. The van der Waals surface area contributed by atoms with Crippen LogP contribution in [0.15, 0.2) is 36.5 Å². The zero-order valence-electron chi connectivity index (χ0n) is 12.7. The van der Waals surface area contributed by atoms with Gasteiger partial charge in [-0.25, -0.2) is 4.98 Å². The quantitative estimate of drug-likeness (QED) is 0.638. The van der Waals surface area contributed by atoms with Crippen LogP contribution < -0.4 is 5.32 Å². The molecule has 0 amide bonds. The molecule has 122 valence electrons. The fourth-order valence-electron chi connectivity index (χ4n) is 2.84. The van der Waals surface area contributed by atoms with Gasteiger partial charge in [-0.05, 0) is 42.1 Å².